The van der Waals surface area contributed by atoms with Crippen LogP contribution in [0.5, 0.6) is 0 Å². The number of rotatable bonds is 4. The summed E-state index contributed by atoms with van der Waals surface area (Å²) in [6, 6.07) is 17.3. The van der Waals surface area contributed by atoms with Gasteiger partial charge in [-0.15, -0.1) is 5.10 Å². The van der Waals surface area contributed by atoms with Gasteiger partial charge in [-0.3, -0.25) is 4.79 Å². The number of anilines is 2. The number of nitrogens with one attached hydrogen (secondary N) is 1. The second-order valence-corrected chi connectivity index (χ2v) is 8.83. The lowest BCUT2D eigenvalue weighted by atomic mass is 9.97. The Morgan fingerprint density at radius 2 is 1.82 bits per heavy atom. The van der Waals surface area contributed by atoms with Crippen molar-refractivity contribution < 1.29 is 4.79 Å². The number of halogens is 1. The maximum Gasteiger partial charge on any atom is 0.229 e. The van der Waals surface area contributed by atoms with Crippen LogP contribution in [0, 0.1) is 19.8 Å². The average molecular weight is 461 g/mol. The molecule has 1 aliphatic rings. The molecule has 1 aliphatic heterocycles. The summed E-state index contributed by atoms with van der Waals surface area (Å²) >= 11 is 6.23. The summed E-state index contributed by atoms with van der Waals surface area (Å²) in [6.07, 6.45) is 1.70. The van der Waals surface area contributed by atoms with Crippen molar-refractivity contribution in [1.29, 1.82) is 0 Å². The molecule has 0 radical (unpaired) electrons. The third-order valence-electron chi connectivity index (χ3n) is 6.21. The fraction of sp³-hybridized carbons (Fsp3) is 0.280. The highest BCUT2D eigenvalue weighted by Gasteiger charge is 2.29. The molecule has 0 bridgehead atoms. The number of aromatic nitrogens is 4. The maximum atomic E-state index is 13.0. The van der Waals surface area contributed by atoms with E-state index in [4.69, 9.17) is 16.7 Å². The molecule has 8 heteroatoms. The van der Waals surface area contributed by atoms with Crippen molar-refractivity contribution in [2.45, 2.75) is 26.7 Å². The molecule has 0 spiro atoms. The van der Waals surface area contributed by atoms with E-state index in [1.54, 1.807) is 6.07 Å². The van der Waals surface area contributed by atoms with Gasteiger partial charge >= 0.3 is 0 Å². The highest BCUT2D eigenvalue weighted by molar-refractivity contribution is 6.33. The zero-order valence-corrected chi connectivity index (χ0v) is 19.4. The smallest absolute Gasteiger partial charge is 0.229 e. The molecule has 1 N–H and O–H groups in total. The number of aryl methyl sites for hydroxylation is 2. The number of hydrogen-bond acceptors (Lipinski definition) is 5. The predicted octanol–water partition coefficient (Wildman–Crippen LogP) is 4.94. The Morgan fingerprint density at radius 3 is 2.61 bits per heavy atom. The second-order valence-electron chi connectivity index (χ2n) is 8.42. The summed E-state index contributed by atoms with van der Waals surface area (Å²) < 4.78 is 1.94. The Bertz CT molecular complexity index is 1320. The van der Waals surface area contributed by atoms with Crippen molar-refractivity contribution in [2.75, 3.05) is 23.3 Å². The maximum absolute atomic E-state index is 13.0. The third kappa shape index (κ3) is 4.04. The van der Waals surface area contributed by atoms with Crippen LogP contribution in [0.2, 0.25) is 5.02 Å². The zero-order chi connectivity index (χ0) is 22.9. The standard InChI is InChI=1S/C25H25ClN6O/c1-16-22-17(2)32(19-10-4-3-5-11-19)30-23(22)24(29-28-16)31-14-8-9-18(15-31)25(33)27-21-13-7-6-12-20(21)26/h3-7,10-13,18H,8-9,14-15H2,1-2H3,(H,27,33)/t18-/m1/s1. The Kier molecular flexibility index (Phi) is 5.72. The highest BCUT2D eigenvalue weighted by atomic mass is 35.5. The number of carbonyl (C=O) groups excluding carboxylic acids is 1. The van der Waals surface area contributed by atoms with Crippen molar-refractivity contribution >= 4 is 39.9 Å². The van der Waals surface area contributed by atoms with Crippen LogP contribution in [-0.2, 0) is 4.79 Å². The molecule has 3 heterocycles. The quantitative estimate of drug-likeness (QED) is 0.466. The van der Waals surface area contributed by atoms with Gasteiger partial charge < -0.3 is 10.2 Å². The lowest BCUT2D eigenvalue weighted by Crippen LogP contribution is -2.41. The van der Waals surface area contributed by atoms with E-state index in [1.165, 1.54) is 0 Å². The molecule has 1 amide bonds. The van der Waals surface area contributed by atoms with Crippen LogP contribution < -0.4 is 10.2 Å². The number of para-hydroxylation sites is 2. The first-order chi connectivity index (χ1) is 16.0. The molecule has 0 saturated carbocycles. The molecule has 1 saturated heterocycles. The van der Waals surface area contributed by atoms with E-state index in [0.717, 1.165) is 53.2 Å². The SMILES string of the molecule is Cc1nnc(N2CCC[C@@H](C(=O)Nc3ccccc3Cl)C2)c2nn(-c3ccccc3)c(C)c12. The molecule has 0 unspecified atom stereocenters. The van der Waals surface area contributed by atoms with Crippen LogP contribution >= 0.6 is 11.6 Å². The second kappa shape index (κ2) is 8.83. The number of nitrogens with zero attached hydrogens (tertiary/aromatic N) is 5. The van der Waals surface area contributed by atoms with Gasteiger partial charge in [0.05, 0.1) is 39.1 Å². The molecule has 1 atom stereocenters. The molecule has 168 valence electrons. The number of hydrogen-bond donors (Lipinski definition) is 1. The molecule has 7 nitrogen and oxygen atoms in total. The number of amides is 1. The van der Waals surface area contributed by atoms with Gasteiger partial charge in [0.2, 0.25) is 5.91 Å². The minimum absolute atomic E-state index is 0.0323. The number of carbonyl (C=O) groups is 1. The van der Waals surface area contributed by atoms with Crippen LogP contribution in [-0.4, -0.2) is 39.0 Å². The Hall–Kier alpha value is -3.45. The summed E-state index contributed by atoms with van der Waals surface area (Å²) in [5.74, 6) is 0.518. The van der Waals surface area contributed by atoms with Crippen molar-refractivity contribution in [3.63, 3.8) is 0 Å². The zero-order valence-electron chi connectivity index (χ0n) is 18.6. The molecular weight excluding hydrogens is 436 g/mol. The number of piperidine rings is 1. The molecular formula is C25H25ClN6O. The number of benzene rings is 2. The Balaban J connectivity index is 1.46. The van der Waals surface area contributed by atoms with E-state index in [0.29, 0.717) is 17.3 Å². The minimum Gasteiger partial charge on any atom is -0.352 e. The molecule has 4 aromatic rings. The third-order valence-corrected chi connectivity index (χ3v) is 6.54. The van der Waals surface area contributed by atoms with E-state index < -0.39 is 0 Å². The molecule has 5 rings (SSSR count). The first-order valence-electron chi connectivity index (χ1n) is 11.1. The van der Waals surface area contributed by atoms with Gasteiger partial charge in [0.25, 0.3) is 0 Å². The summed E-state index contributed by atoms with van der Waals surface area (Å²) in [6.45, 7) is 5.37. The van der Waals surface area contributed by atoms with Gasteiger partial charge in [-0.2, -0.15) is 10.2 Å². The van der Waals surface area contributed by atoms with Gasteiger partial charge in [-0.1, -0.05) is 41.9 Å². The van der Waals surface area contributed by atoms with Crippen molar-refractivity contribution in [1.82, 2.24) is 20.0 Å². The van der Waals surface area contributed by atoms with Gasteiger partial charge in [-0.05, 0) is 51.0 Å². The van der Waals surface area contributed by atoms with Crippen molar-refractivity contribution in [2.24, 2.45) is 5.92 Å². The largest absolute Gasteiger partial charge is 0.352 e. The summed E-state index contributed by atoms with van der Waals surface area (Å²) in [4.78, 5) is 15.1. The molecule has 0 aliphatic carbocycles. The van der Waals surface area contributed by atoms with Gasteiger partial charge in [-0.25, -0.2) is 4.68 Å². The van der Waals surface area contributed by atoms with E-state index >= 15 is 0 Å². The first kappa shape index (κ1) is 21.4. The topological polar surface area (TPSA) is 75.9 Å². The van der Waals surface area contributed by atoms with Crippen LogP contribution in [0.25, 0.3) is 16.6 Å². The van der Waals surface area contributed by atoms with Crippen LogP contribution in [0.15, 0.2) is 54.6 Å². The van der Waals surface area contributed by atoms with Crippen LogP contribution in [0.1, 0.15) is 24.2 Å². The lowest BCUT2D eigenvalue weighted by Gasteiger charge is -2.32. The summed E-state index contributed by atoms with van der Waals surface area (Å²) in [5.41, 5.74) is 4.31. The van der Waals surface area contributed by atoms with E-state index in [2.05, 4.69) is 27.3 Å². The molecule has 2 aromatic heterocycles. The van der Waals surface area contributed by atoms with Gasteiger partial charge in [0, 0.05) is 13.1 Å². The lowest BCUT2D eigenvalue weighted by molar-refractivity contribution is -0.120. The Morgan fingerprint density at radius 1 is 1.06 bits per heavy atom. The first-order valence-corrected chi connectivity index (χ1v) is 11.5. The van der Waals surface area contributed by atoms with E-state index in [9.17, 15) is 4.79 Å². The van der Waals surface area contributed by atoms with Crippen molar-refractivity contribution in [3.8, 4) is 5.69 Å². The highest BCUT2D eigenvalue weighted by Crippen LogP contribution is 2.32. The minimum atomic E-state index is -0.175. The fourth-order valence-electron chi connectivity index (χ4n) is 4.53. The van der Waals surface area contributed by atoms with Crippen LogP contribution in [0.4, 0.5) is 11.5 Å². The summed E-state index contributed by atoms with van der Waals surface area (Å²) in [7, 11) is 0. The van der Waals surface area contributed by atoms with Crippen molar-refractivity contribution in [3.05, 3.63) is 71.0 Å². The van der Waals surface area contributed by atoms with E-state index in [1.807, 2.05) is 60.1 Å². The monoisotopic (exact) mass is 460 g/mol. The predicted molar refractivity (Wildman–Crippen MR) is 131 cm³/mol. The average Bonchev–Trinajstić information content (AvgIpc) is 3.19. The van der Waals surface area contributed by atoms with Crippen LogP contribution in [0.3, 0.4) is 0 Å². The Labute approximate surface area is 197 Å². The van der Waals surface area contributed by atoms with E-state index in [-0.39, 0.29) is 11.8 Å². The molecule has 1 fully saturated rings. The number of fused-ring (bicyclic) bond motifs is 1. The molecule has 33 heavy (non-hydrogen) atoms. The van der Waals surface area contributed by atoms with Gasteiger partial charge in [0.1, 0.15) is 5.52 Å². The van der Waals surface area contributed by atoms with Gasteiger partial charge in [0.15, 0.2) is 5.82 Å². The summed E-state index contributed by atoms with van der Waals surface area (Å²) in [5, 5.41) is 18.4. The molecule has 2 aromatic carbocycles. The normalized spacial score (nSPS) is 16.2. The fourth-order valence-corrected chi connectivity index (χ4v) is 4.71.